The summed E-state index contributed by atoms with van der Waals surface area (Å²) >= 11 is 1.66. The molecular formula is C20H24N2O2S. The number of para-hydroxylation sites is 1. The molecule has 4 rings (SSSR count). The number of nitrogens with zero attached hydrogens (tertiary/aromatic N) is 2. The second-order valence-corrected chi connectivity index (χ2v) is 8.06. The van der Waals surface area contributed by atoms with Crippen molar-refractivity contribution in [2.24, 2.45) is 0 Å². The van der Waals surface area contributed by atoms with Gasteiger partial charge in [-0.05, 0) is 43.5 Å². The van der Waals surface area contributed by atoms with Gasteiger partial charge in [-0.15, -0.1) is 11.3 Å². The number of piperidine rings is 1. The van der Waals surface area contributed by atoms with Gasteiger partial charge in [-0.2, -0.15) is 0 Å². The van der Waals surface area contributed by atoms with Gasteiger partial charge in [0.15, 0.2) is 0 Å². The molecule has 0 radical (unpaired) electrons. The molecule has 0 unspecified atom stereocenters. The summed E-state index contributed by atoms with van der Waals surface area (Å²) in [5.74, 6) is 0. The van der Waals surface area contributed by atoms with E-state index in [0.29, 0.717) is 18.6 Å². The van der Waals surface area contributed by atoms with Crippen molar-refractivity contribution in [1.82, 2.24) is 4.90 Å². The number of rotatable bonds is 4. The Morgan fingerprint density at radius 1 is 1.16 bits per heavy atom. The first-order chi connectivity index (χ1) is 12.2. The van der Waals surface area contributed by atoms with Gasteiger partial charge in [-0.25, -0.2) is 4.79 Å². The summed E-state index contributed by atoms with van der Waals surface area (Å²) in [7, 11) is 2.20. The van der Waals surface area contributed by atoms with Crippen molar-refractivity contribution in [3.8, 4) is 0 Å². The van der Waals surface area contributed by atoms with E-state index in [9.17, 15) is 4.79 Å². The molecule has 0 spiro atoms. The minimum atomic E-state index is -0.228. The van der Waals surface area contributed by atoms with E-state index in [1.165, 1.54) is 12.8 Å². The number of anilines is 1. The lowest BCUT2D eigenvalue weighted by molar-refractivity contribution is 0.0314. The van der Waals surface area contributed by atoms with Gasteiger partial charge in [0.25, 0.3) is 0 Å². The molecule has 0 aliphatic carbocycles. The normalized spacial score (nSPS) is 25.7. The van der Waals surface area contributed by atoms with E-state index >= 15 is 0 Å². The zero-order chi connectivity index (χ0) is 17.2. The number of thiophene rings is 1. The molecule has 2 aromatic rings. The molecule has 132 valence electrons. The lowest BCUT2D eigenvalue weighted by atomic mass is 10.0. The summed E-state index contributed by atoms with van der Waals surface area (Å²) in [6.45, 7) is 0.556. The van der Waals surface area contributed by atoms with E-state index < -0.39 is 0 Å². The van der Waals surface area contributed by atoms with Crippen LogP contribution in [0.3, 0.4) is 0 Å². The first kappa shape index (κ1) is 16.6. The third-order valence-electron chi connectivity index (χ3n) is 5.50. The number of ether oxygens (including phenoxy) is 1. The molecule has 3 atom stereocenters. The Morgan fingerprint density at radius 3 is 2.52 bits per heavy atom. The predicted octanol–water partition coefficient (Wildman–Crippen LogP) is 4.52. The van der Waals surface area contributed by atoms with E-state index in [0.717, 1.165) is 23.4 Å². The van der Waals surface area contributed by atoms with Gasteiger partial charge in [-0.1, -0.05) is 24.3 Å². The van der Waals surface area contributed by atoms with E-state index in [-0.39, 0.29) is 12.2 Å². The van der Waals surface area contributed by atoms with Crippen LogP contribution in [0.4, 0.5) is 10.5 Å². The van der Waals surface area contributed by atoms with Crippen LogP contribution in [0, 0.1) is 0 Å². The molecule has 1 aromatic heterocycles. The quantitative estimate of drug-likeness (QED) is 0.808. The van der Waals surface area contributed by atoms with Crippen LogP contribution < -0.4 is 4.90 Å². The third kappa shape index (κ3) is 3.58. The Hall–Kier alpha value is -1.85. The summed E-state index contributed by atoms with van der Waals surface area (Å²) in [4.78, 5) is 18.3. The highest BCUT2D eigenvalue weighted by Crippen LogP contribution is 2.36. The van der Waals surface area contributed by atoms with Gasteiger partial charge in [0, 0.05) is 35.5 Å². The summed E-state index contributed by atoms with van der Waals surface area (Å²) in [5, 5.41) is 2.04. The molecule has 4 nitrogen and oxygen atoms in total. The van der Waals surface area contributed by atoms with Crippen molar-refractivity contribution in [2.45, 2.75) is 50.4 Å². The Labute approximate surface area is 153 Å². The summed E-state index contributed by atoms with van der Waals surface area (Å²) < 4.78 is 5.95. The number of fused-ring (bicyclic) bond motifs is 2. The highest BCUT2D eigenvalue weighted by atomic mass is 32.1. The fourth-order valence-electron chi connectivity index (χ4n) is 4.09. The number of benzene rings is 1. The molecule has 2 aliphatic heterocycles. The van der Waals surface area contributed by atoms with Crippen LogP contribution in [0.15, 0.2) is 47.8 Å². The molecule has 2 aliphatic rings. The molecule has 0 N–H and O–H groups in total. The highest BCUT2D eigenvalue weighted by molar-refractivity contribution is 7.09. The molecule has 1 aromatic carbocycles. The van der Waals surface area contributed by atoms with Gasteiger partial charge >= 0.3 is 6.09 Å². The number of hydrogen-bond acceptors (Lipinski definition) is 4. The number of hydrogen-bond donors (Lipinski definition) is 0. The van der Waals surface area contributed by atoms with Crippen molar-refractivity contribution < 1.29 is 9.53 Å². The Bertz CT molecular complexity index is 690. The van der Waals surface area contributed by atoms with Crippen LogP contribution in [-0.4, -0.2) is 36.2 Å². The fourth-order valence-corrected chi connectivity index (χ4v) is 4.78. The highest BCUT2D eigenvalue weighted by Gasteiger charge is 2.40. The number of carbonyl (C=O) groups is 1. The van der Waals surface area contributed by atoms with Crippen LogP contribution in [0.5, 0.6) is 0 Å². The molecule has 2 saturated heterocycles. The first-order valence-electron chi connectivity index (χ1n) is 8.98. The molecule has 3 heterocycles. The van der Waals surface area contributed by atoms with Crippen molar-refractivity contribution in [2.75, 3.05) is 11.9 Å². The predicted molar refractivity (Wildman–Crippen MR) is 101 cm³/mol. The third-order valence-corrected chi connectivity index (χ3v) is 6.37. The molecule has 2 fully saturated rings. The van der Waals surface area contributed by atoms with Gasteiger partial charge in [-0.3, -0.25) is 4.90 Å². The summed E-state index contributed by atoms with van der Waals surface area (Å²) in [6.07, 6.45) is 4.18. The van der Waals surface area contributed by atoms with Crippen molar-refractivity contribution in [3.63, 3.8) is 0 Å². The summed E-state index contributed by atoms with van der Waals surface area (Å²) in [5.41, 5.74) is 0.886. The lowest BCUT2D eigenvalue weighted by Crippen LogP contribution is -2.45. The average molecular weight is 356 g/mol. The van der Waals surface area contributed by atoms with Gasteiger partial charge < -0.3 is 9.64 Å². The largest absolute Gasteiger partial charge is 0.446 e. The average Bonchev–Trinajstić information content (AvgIpc) is 3.19. The summed E-state index contributed by atoms with van der Waals surface area (Å²) in [6, 6.07) is 15.0. The SMILES string of the molecule is CN1[C@@H]2CC[C@H]1C[C@@H](OC(=O)N(Cc1cccs1)c1ccccc1)C2. The Balaban J connectivity index is 1.48. The number of amides is 1. The maximum atomic E-state index is 12.9. The molecule has 1 amide bonds. The van der Waals surface area contributed by atoms with E-state index in [2.05, 4.69) is 18.0 Å². The fraction of sp³-hybridized carbons (Fsp3) is 0.450. The van der Waals surface area contributed by atoms with Crippen molar-refractivity contribution >= 4 is 23.1 Å². The zero-order valence-corrected chi connectivity index (χ0v) is 15.3. The second-order valence-electron chi connectivity index (χ2n) is 7.03. The molecule has 25 heavy (non-hydrogen) atoms. The maximum absolute atomic E-state index is 12.9. The Morgan fingerprint density at radius 2 is 1.88 bits per heavy atom. The zero-order valence-electron chi connectivity index (χ0n) is 14.5. The molecule has 2 bridgehead atoms. The van der Waals surface area contributed by atoms with Gasteiger partial charge in [0.05, 0.1) is 6.54 Å². The van der Waals surface area contributed by atoms with Crippen LogP contribution in [0.1, 0.15) is 30.6 Å². The molecular weight excluding hydrogens is 332 g/mol. The van der Waals surface area contributed by atoms with Crippen LogP contribution in [0.25, 0.3) is 0 Å². The maximum Gasteiger partial charge on any atom is 0.414 e. The van der Waals surface area contributed by atoms with Crippen LogP contribution in [-0.2, 0) is 11.3 Å². The van der Waals surface area contributed by atoms with Crippen LogP contribution in [0.2, 0.25) is 0 Å². The van der Waals surface area contributed by atoms with E-state index in [1.54, 1.807) is 16.2 Å². The van der Waals surface area contributed by atoms with Crippen molar-refractivity contribution in [3.05, 3.63) is 52.7 Å². The smallest absolute Gasteiger partial charge is 0.414 e. The first-order valence-corrected chi connectivity index (χ1v) is 9.86. The van der Waals surface area contributed by atoms with Gasteiger partial charge in [0.2, 0.25) is 0 Å². The van der Waals surface area contributed by atoms with Crippen LogP contribution >= 0.6 is 11.3 Å². The standard InChI is InChI=1S/C20H24N2O2S/c1-21-16-9-10-17(21)13-18(12-16)24-20(23)22(14-19-8-5-11-25-19)15-6-3-2-4-7-15/h2-8,11,16-18H,9-10,12-14H2,1H3/t16-,17+,18+. The molecule has 0 saturated carbocycles. The lowest BCUT2D eigenvalue weighted by Gasteiger charge is -2.36. The minimum absolute atomic E-state index is 0.0377. The topological polar surface area (TPSA) is 32.8 Å². The Kier molecular flexibility index (Phi) is 4.77. The molecule has 5 heteroatoms. The van der Waals surface area contributed by atoms with E-state index in [1.807, 2.05) is 41.8 Å². The van der Waals surface area contributed by atoms with Gasteiger partial charge in [0.1, 0.15) is 6.10 Å². The minimum Gasteiger partial charge on any atom is -0.446 e. The van der Waals surface area contributed by atoms with E-state index in [4.69, 9.17) is 4.74 Å². The number of carbonyl (C=O) groups excluding carboxylic acids is 1. The monoisotopic (exact) mass is 356 g/mol. The second kappa shape index (κ2) is 7.18. The van der Waals surface area contributed by atoms with Crippen molar-refractivity contribution in [1.29, 1.82) is 0 Å².